The van der Waals surface area contributed by atoms with Gasteiger partial charge in [0.15, 0.2) is 5.82 Å². The second-order valence-electron chi connectivity index (χ2n) is 11.6. The van der Waals surface area contributed by atoms with E-state index in [1.165, 1.54) is 50.5 Å². The first-order chi connectivity index (χ1) is 18.3. The first-order valence-corrected chi connectivity index (χ1v) is 14.0. The lowest BCUT2D eigenvalue weighted by Gasteiger charge is -2.54. The summed E-state index contributed by atoms with van der Waals surface area (Å²) in [6.07, 6.45) is 7.31. The van der Waals surface area contributed by atoms with E-state index in [-0.39, 0.29) is 29.1 Å². The maximum atomic E-state index is 14.2. The van der Waals surface area contributed by atoms with E-state index in [1.807, 2.05) is 20.8 Å². The minimum atomic E-state index is -0.496. The van der Waals surface area contributed by atoms with Crippen molar-refractivity contribution >= 4 is 11.7 Å². The van der Waals surface area contributed by atoms with Crippen LogP contribution in [-0.2, 0) is 0 Å². The number of nitrogens with two attached hydrogens (primary N) is 1. The van der Waals surface area contributed by atoms with Gasteiger partial charge in [-0.25, -0.2) is 9.37 Å². The van der Waals surface area contributed by atoms with Crippen LogP contribution >= 0.6 is 0 Å². The molecule has 1 aromatic heterocycles. The second kappa shape index (κ2) is 11.1. The van der Waals surface area contributed by atoms with Crippen molar-refractivity contribution in [1.82, 2.24) is 25.0 Å². The van der Waals surface area contributed by atoms with Gasteiger partial charge in [0.2, 0.25) is 0 Å². The lowest BCUT2D eigenvalue weighted by Crippen LogP contribution is -2.59. The molecule has 1 unspecified atom stereocenters. The zero-order valence-corrected chi connectivity index (χ0v) is 22.8. The Kier molecular flexibility index (Phi) is 7.81. The number of carbonyl (C=O) groups excluding carboxylic acids is 1. The summed E-state index contributed by atoms with van der Waals surface area (Å²) in [5.41, 5.74) is 6.77. The molecule has 3 heterocycles. The Hall–Kier alpha value is -2.85. The maximum Gasteiger partial charge on any atom is 0.282 e. The molecule has 1 aliphatic carbocycles. The molecule has 1 aromatic carbocycles. The monoisotopic (exact) mass is 525 g/mol. The average molecular weight is 526 g/mol. The van der Waals surface area contributed by atoms with E-state index in [0.717, 1.165) is 38.9 Å². The Morgan fingerprint density at radius 1 is 1.26 bits per heavy atom. The summed E-state index contributed by atoms with van der Waals surface area (Å²) in [7, 11) is 0. The normalized spacial score (nSPS) is 21.6. The van der Waals surface area contributed by atoms with Crippen LogP contribution in [0.25, 0.3) is 0 Å². The average Bonchev–Trinajstić information content (AvgIpc) is 3.34. The van der Waals surface area contributed by atoms with Crippen LogP contribution < -0.4 is 15.4 Å². The van der Waals surface area contributed by atoms with Gasteiger partial charge in [0.25, 0.3) is 11.8 Å². The Morgan fingerprint density at radius 3 is 2.74 bits per heavy atom. The van der Waals surface area contributed by atoms with Crippen LogP contribution in [-0.4, -0.2) is 82.2 Å². The molecule has 2 aromatic rings. The number of anilines is 1. The van der Waals surface area contributed by atoms with Crippen LogP contribution in [0.1, 0.15) is 63.2 Å². The van der Waals surface area contributed by atoms with Crippen LogP contribution in [0.5, 0.6) is 11.6 Å². The molecule has 2 aliphatic heterocycles. The number of rotatable bonds is 8. The predicted molar refractivity (Wildman–Crippen MR) is 144 cm³/mol. The van der Waals surface area contributed by atoms with Crippen molar-refractivity contribution in [2.75, 3.05) is 44.2 Å². The van der Waals surface area contributed by atoms with E-state index in [4.69, 9.17) is 10.5 Å². The molecule has 9 nitrogen and oxygen atoms in total. The molecule has 0 bridgehead atoms. The van der Waals surface area contributed by atoms with Crippen LogP contribution in [0.15, 0.2) is 24.5 Å². The van der Waals surface area contributed by atoms with Crippen LogP contribution in [0.2, 0.25) is 0 Å². The van der Waals surface area contributed by atoms with Crippen molar-refractivity contribution in [2.24, 2.45) is 17.1 Å². The number of amides is 1. The first-order valence-electron chi connectivity index (χ1n) is 14.0. The first kappa shape index (κ1) is 26.7. The maximum absolute atomic E-state index is 14.2. The van der Waals surface area contributed by atoms with Gasteiger partial charge in [-0.1, -0.05) is 0 Å². The van der Waals surface area contributed by atoms with Crippen molar-refractivity contribution in [1.29, 1.82) is 0 Å². The summed E-state index contributed by atoms with van der Waals surface area (Å²) < 4.78 is 20.3. The van der Waals surface area contributed by atoms with E-state index < -0.39 is 5.82 Å². The molecule has 3 fully saturated rings. The third kappa shape index (κ3) is 5.61. The van der Waals surface area contributed by atoms with E-state index in [9.17, 15) is 9.18 Å². The van der Waals surface area contributed by atoms with Gasteiger partial charge in [0, 0.05) is 51.4 Å². The molecule has 2 saturated heterocycles. The number of likely N-dealkylation sites (tertiary alicyclic amines) is 1. The van der Waals surface area contributed by atoms with Crippen molar-refractivity contribution < 1.29 is 13.9 Å². The van der Waals surface area contributed by atoms with Gasteiger partial charge in [-0.15, -0.1) is 10.2 Å². The number of aromatic nitrogens is 3. The summed E-state index contributed by atoms with van der Waals surface area (Å²) in [4.78, 5) is 24.2. The fraction of sp³-hybridized carbons (Fsp3) is 0.643. The van der Waals surface area contributed by atoms with Crippen LogP contribution in [0.3, 0.4) is 0 Å². The van der Waals surface area contributed by atoms with Crippen molar-refractivity contribution in [3.05, 3.63) is 35.9 Å². The molecule has 206 valence electrons. The molecule has 10 heteroatoms. The number of hydrogen-bond acceptors (Lipinski definition) is 8. The highest BCUT2D eigenvalue weighted by molar-refractivity contribution is 5.97. The van der Waals surface area contributed by atoms with Crippen LogP contribution in [0.4, 0.5) is 10.2 Å². The van der Waals surface area contributed by atoms with Gasteiger partial charge in [0.05, 0.1) is 5.56 Å². The quantitative estimate of drug-likeness (QED) is 0.557. The largest absolute Gasteiger partial charge is 0.434 e. The molecular formula is C28H40FN7O2. The number of benzene rings is 1. The van der Waals surface area contributed by atoms with E-state index >= 15 is 0 Å². The van der Waals surface area contributed by atoms with Gasteiger partial charge in [-0.3, -0.25) is 4.79 Å². The van der Waals surface area contributed by atoms with Crippen molar-refractivity contribution in [2.45, 2.75) is 65.0 Å². The van der Waals surface area contributed by atoms with Crippen molar-refractivity contribution in [3.8, 4) is 11.6 Å². The van der Waals surface area contributed by atoms with Gasteiger partial charge in [0.1, 0.15) is 17.9 Å². The molecule has 0 radical (unpaired) electrons. The van der Waals surface area contributed by atoms with E-state index in [1.54, 1.807) is 4.90 Å². The van der Waals surface area contributed by atoms with E-state index in [0.29, 0.717) is 29.7 Å². The molecule has 1 amide bonds. The molecule has 3 aliphatic rings. The minimum Gasteiger partial charge on any atom is -0.434 e. The Balaban J connectivity index is 1.25. The van der Waals surface area contributed by atoms with Crippen LogP contribution in [0, 0.1) is 17.2 Å². The Morgan fingerprint density at radius 2 is 2.03 bits per heavy atom. The lowest BCUT2D eigenvalue weighted by atomic mass is 9.67. The number of halogens is 1. The smallest absolute Gasteiger partial charge is 0.282 e. The lowest BCUT2D eigenvalue weighted by molar-refractivity contribution is -0.0377. The fourth-order valence-corrected chi connectivity index (χ4v) is 6.44. The topological polar surface area (TPSA) is 101 Å². The van der Waals surface area contributed by atoms with Crippen molar-refractivity contribution in [3.63, 3.8) is 0 Å². The second-order valence-corrected chi connectivity index (χ2v) is 11.6. The zero-order valence-electron chi connectivity index (χ0n) is 22.8. The SMILES string of the molecule is CCN(C(=O)c1cc(F)ccc1Oc1nncnc1N1CCC(CN2CC3(CCC(N)CC3)C2)C1)C(C)C. The molecule has 38 heavy (non-hydrogen) atoms. The Labute approximate surface area is 224 Å². The van der Waals surface area contributed by atoms with Gasteiger partial charge in [-0.05, 0) is 82.4 Å². The fourth-order valence-electron chi connectivity index (χ4n) is 6.44. The number of nitrogens with zero attached hydrogens (tertiary/aromatic N) is 6. The molecule has 1 atom stereocenters. The number of carbonyl (C=O) groups is 1. The third-order valence-electron chi connectivity index (χ3n) is 8.49. The summed E-state index contributed by atoms with van der Waals surface area (Å²) in [6.45, 7) is 11.4. The molecule has 1 saturated carbocycles. The standard InChI is InChI=1S/C28H40FN7O2/c1-4-36(19(2)3)27(37)23-13-21(29)5-6-24(23)38-26-25(31-18-32-33-26)35-12-9-20(15-35)14-34-16-28(17-34)10-7-22(30)8-11-28/h5-6,13,18-20,22H,4,7-12,14-17,30H2,1-3H3. The minimum absolute atomic E-state index is 0.0316. The summed E-state index contributed by atoms with van der Waals surface area (Å²) in [5, 5.41) is 8.13. The molecule has 5 rings (SSSR count). The summed E-state index contributed by atoms with van der Waals surface area (Å²) >= 11 is 0. The molecule has 1 spiro atoms. The summed E-state index contributed by atoms with van der Waals surface area (Å²) in [6, 6.07) is 4.33. The van der Waals surface area contributed by atoms with Gasteiger partial charge in [-0.2, -0.15) is 0 Å². The highest BCUT2D eigenvalue weighted by Gasteiger charge is 2.45. The predicted octanol–water partition coefficient (Wildman–Crippen LogP) is 3.70. The van der Waals surface area contributed by atoms with Gasteiger partial charge >= 0.3 is 0 Å². The third-order valence-corrected chi connectivity index (χ3v) is 8.49. The summed E-state index contributed by atoms with van der Waals surface area (Å²) in [5.74, 6) is 0.819. The number of hydrogen-bond donors (Lipinski definition) is 1. The molecular weight excluding hydrogens is 485 g/mol. The Bertz CT molecular complexity index is 1130. The van der Waals surface area contributed by atoms with Gasteiger partial charge < -0.3 is 25.2 Å². The molecule has 2 N–H and O–H groups in total. The van der Waals surface area contributed by atoms with E-state index in [2.05, 4.69) is 25.0 Å². The highest BCUT2D eigenvalue weighted by Crippen LogP contribution is 2.44. The highest BCUT2D eigenvalue weighted by atomic mass is 19.1. The zero-order chi connectivity index (χ0) is 26.9. The number of ether oxygens (including phenoxy) is 1.